The summed E-state index contributed by atoms with van der Waals surface area (Å²) in [5.74, 6) is -0.879. The van der Waals surface area contributed by atoms with Crippen LogP contribution in [0.4, 0.5) is 0 Å². The minimum Gasteiger partial charge on any atom is -0.478 e. The highest BCUT2D eigenvalue weighted by Crippen LogP contribution is 2.13. The summed E-state index contributed by atoms with van der Waals surface area (Å²) in [6.45, 7) is 9.45. The third kappa shape index (κ3) is 9.11. The molecule has 0 aliphatic heterocycles. The molecule has 1 rings (SSSR count). The Morgan fingerprint density at radius 1 is 1.30 bits per heavy atom. The molecule has 0 saturated carbocycles. The van der Waals surface area contributed by atoms with Gasteiger partial charge in [-0.25, -0.2) is 4.79 Å². The van der Waals surface area contributed by atoms with Gasteiger partial charge < -0.3 is 10.2 Å². The smallest absolute Gasteiger partial charge is 0.335 e. The van der Waals surface area contributed by atoms with E-state index in [1.54, 1.807) is 43.3 Å². The summed E-state index contributed by atoms with van der Waals surface area (Å²) in [6, 6.07) is 8.30. The number of benzene rings is 1. The van der Waals surface area contributed by atoms with Crippen molar-refractivity contribution in [3.8, 4) is 0 Å². The Morgan fingerprint density at radius 3 is 2.20 bits per heavy atom. The Hall–Kier alpha value is -1.87. The molecule has 2 N–H and O–H groups in total. The van der Waals surface area contributed by atoms with E-state index in [1.165, 1.54) is 5.57 Å². The van der Waals surface area contributed by atoms with E-state index >= 15 is 0 Å². The number of carbonyl (C=O) groups is 1. The van der Waals surface area contributed by atoms with Crippen LogP contribution in [0.25, 0.3) is 0 Å². The van der Waals surface area contributed by atoms with E-state index in [9.17, 15) is 9.90 Å². The van der Waals surface area contributed by atoms with Crippen molar-refractivity contribution in [2.45, 2.75) is 39.2 Å². The highest BCUT2D eigenvalue weighted by atomic mass is 16.4. The molecule has 0 amide bonds. The summed E-state index contributed by atoms with van der Waals surface area (Å²) in [7, 11) is 0. The standard InChI is InChI=1S/C10H18O.C7H6O2/c1-5-10(4,11)8-6-7-9(2)3;8-7(9)6-4-2-1-3-5-6/h5,7,11H,1,6,8H2,2-4H3;1-5H,(H,8,9)/t10-;/m0./s1. The molecule has 0 aliphatic rings. The predicted octanol–water partition coefficient (Wildman–Crippen LogP) is 4.05. The number of carboxylic acids is 1. The fourth-order valence-electron chi connectivity index (χ4n) is 1.34. The zero-order valence-corrected chi connectivity index (χ0v) is 12.5. The normalized spacial score (nSPS) is 12.4. The van der Waals surface area contributed by atoms with E-state index < -0.39 is 11.6 Å². The van der Waals surface area contributed by atoms with Gasteiger partial charge in [-0.1, -0.05) is 35.9 Å². The van der Waals surface area contributed by atoms with Gasteiger partial charge in [-0.3, -0.25) is 0 Å². The van der Waals surface area contributed by atoms with Crippen molar-refractivity contribution >= 4 is 5.97 Å². The molecule has 1 aromatic carbocycles. The van der Waals surface area contributed by atoms with E-state index in [4.69, 9.17) is 5.11 Å². The molecule has 3 heteroatoms. The van der Waals surface area contributed by atoms with Crippen molar-refractivity contribution < 1.29 is 15.0 Å². The molecular formula is C17H24O3. The average molecular weight is 276 g/mol. The summed E-state index contributed by atoms with van der Waals surface area (Å²) in [4.78, 5) is 10.2. The van der Waals surface area contributed by atoms with Crippen LogP contribution in [0.2, 0.25) is 0 Å². The van der Waals surface area contributed by atoms with Crippen LogP contribution in [-0.4, -0.2) is 21.8 Å². The number of hydrogen-bond donors (Lipinski definition) is 2. The van der Waals surface area contributed by atoms with Crippen LogP contribution in [0.3, 0.4) is 0 Å². The van der Waals surface area contributed by atoms with Crippen molar-refractivity contribution in [1.29, 1.82) is 0 Å². The number of aliphatic hydroxyl groups is 1. The summed E-state index contributed by atoms with van der Waals surface area (Å²) < 4.78 is 0. The molecule has 0 radical (unpaired) electrons. The molecule has 0 fully saturated rings. The van der Waals surface area contributed by atoms with E-state index in [0.717, 1.165) is 12.8 Å². The minimum absolute atomic E-state index is 0.331. The van der Waals surface area contributed by atoms with E-state index in [-0.39, 0.29) is 0 Å². The molecule has 0 aliphatic carbocycles. The van der Waals surface area contributed by atoms with Crippen LogP contribution >= 0.6 is 0 Å². The lowest BCUT2D eigenvalue weighted by molar-refractivity contribution is 0.0696. The second kappa shape index (κ2) is 9.10. The topological polar surface area (TPSA) is 57.5 Å². The van der Waals surface area contributed by atoms with Crippen molar-refractivity contribution in [1.82, 2.24) is 0 Å². The summed E-state index contributed by atoms with van der Waals surface area (Å²) >= 11 is 0. The molecule has 0 spiro atoms. The number of rotatable bonds is 5. The van der Waals surface area contributed by atoms with Crippen molar-refractivity contribution in [3.63, 3.8) is 0 Å². The Balaban J connectivity index is 0.000000367. The molecule has 3 nitrogen and oxygen atoms in total. The Labute approximate surface area is 121 Å². The fraction of sp³-hybridized carbons (Fsp3) is 0.353. The van der Waals surface area contributed by atoms with Crippen molar-refractivity contribution in [3.05, 3.63) is 60.2 Å². The molecule has 0 heterocycles. The van der Waals surface area contributed by atoms with Gasteiger partial charge in [0, 0.05) is 0 Å². The first-order chi connectivity index (χ1) is 9.28. The first-order valence-corrected chi connectivity index (χ1v) is 6.56. The average Bonchev–Trinajstić information content (AvgIpc) is 2.40. The lowest BCUT2D eigenvalue weighted by atomic mass is 10.00. The molecule has 1 aromatic rings. The number of hydrogen-bond acceptors (Lipinski definition) is 2. The van der Waals surface area contributed by atoms with Gasteiger partial charge in [0.05, 0.1) is 11.2 Å². The van der Waals surface area contributed by atoms with Gasteiger partial charge in [0.2, 0.25) is 0 Å². The molecule has 0 unspecified atom stereocenters. The molecule has 110 valence electrons. The maximum Gasteiger partial charge on any atom is 0.335 e. The van der Waals surface area contributed by atoms with Gasteiger partial charge in [0.25, 0.3) is 0 Å². The quantitative estimate of drug-likeness (QED) is 0.797. The summed E-state index contributed by atoms with van der Waals surface area (Å²) in [6.07, 6.45) is 5.38. The Morgan fingerprint density at radius 2 is 1.85 bits per heavy atom. The van der Waals surface area contributed by atoms with Gasteiger partial charge >= 0.3 is 5.97 Å². The third-order valence-electron chi connectivity index (χ3n) is 2.66. The second-order valence-electron chi connectivity index (χ2n) is 5.05. The molecule has 0 bridgehead atoms. The van der Waals surface area contributed by atoms with Gasteiger partial charge in [0.1, 0.15) is 0 Å². The molecular weight excluding hydrogens is 252 g/mol. The summed E-state index contributed by atoms with van der Waals surface area (Å²) in [5, 5.41) is 17.9. The molecule has 0 saturated heterocycles. The monoisotopic (exact) mass is 276 g/mol. The van der Waals surface area contributed by atoms with E-state index in [2.05, 4.69) is 26.5 Å². The largest absolute Gasteiger partial charge is 0.478 e. The van der Waals surface area contributed by atoms with Crippen LogP contribution in [0.1, 0.15) is 44.0 Å². The Kier molecular flexibility index (Phi) is 8.25. The first-order valence-electron chi connectivity index (χ1n) is 6.56. The van der Waals surface area contributed by atoms with E-state index in [0.29, 0.717) is 5.56 Å². The fourth-order valence-corrected chi connectivity index (χ4v) is 1.34. The van der Waals surface area contributed by atoms with Gasteiger partial charge in [-0.05, 0) is 45.7 Å². The number of aromatic carboxylic acids is 1. The zero-order valence-electron chi connectivity index (χ0n) is 12.5. The first kappa shape index (κ1) is 18.1. The van der Waals surface area contributed by atoms with Crippen molar-refractivity contribution in [2.24, 2.45) is 0 Å². The van der Waals surface area contributed by atoms with Crippen LogP contribution in [0.5, 0.6) is 0 Å². The maximum absolute atomic E-state index is 10.2. The molecule has 1 atom stereocenters. The predicted molar refractivity (Wildman–Crippen MR) is 82.9 cm³/mol. The zero-order chi connectivity index (χ0) is 15.6. The van der Waals surface area contributed by atoms with E-state index in [1.807, 2.05) is 0 Å². The maximum atomic E-state index is 10.2. The van der Waals surface area contributed by atoms with Crippen LogP contribution in [0, 0.1) is 0 Å². The second-order valence-corrected chi connectivity index (χ2v) is 5.05. The lowest BCUT2D eigenvalue weighted by Gasteiger charge is -2.16. The highest BCUT2D eigenvalue weighted by Gasteiger charge is 2.12. The lowest BCUT2D eigenvalue weighted by Crippen LogP contribution is -2.19. The summed E-state index contributed by atoms with van der Waals surface area (Å²) in [5.41, 5.74) is 0.925. The Bertz CT molecular complexity index is 441. The van der Waals surface area contributed by atoms with Crippen molar-refractivity contribution in [2.75, 3.05) is 0 Å². The SMILES string of the molecule is C=C[C@](C)(O)CCC=C(C)C.O=C(O)c1ccccc1. The van der Waals surface area contributed by atoms with Gasteiger partial charge in [-0.2, -0.15) is 0 Å². The molecule has 0 aromatic heterocycles. The number of allylic oxidation sites excluding steroid dienone is 2. The number of carboxylic acid groups (broad SMARTS) is 1. The molecule has 20 heavy (non-hydrogen) atoms. The third-order valence-corrected chi connectivity index (χ3v) is 2.66. The van der Waals surface area contributed by atoms with Crippen LogP contribution in [-0.2, 0) is 0 Å². The van der Waals surface area contributed by atoms with Gasteiger partial charge in [0.15, 0.2) is 0 Å². The minimum atomic E-state index is -0.879. The van der Waals surface area contributed by atoms with Gasteiger partial charge in [-0.15, -0.1) is 6.58 Å². The van der Waals surface area contributed by atoms with Crippen LogP contribution < -0.4 is 0 Å². The van der Waals surface area contributed by atoms with Crippen LogP contribution in [0.15, 0.2) is 54.6 Å². The highest BCUT2D eigenvalue weighted by molar-refractivity contribution is 5.87.